The largest absolute Gasteiger partial charge is 0.451 e. The summed E-state index contributed by atoms with van der Waals surface area (Å²) in [6, 6.07) is 12.1. The van der Waals surface area contributed by atoms with Gasteiger partial charge in [-0.1, -0.05) is 41.9 Å². The Morgan fingerprint density at radius 1 is 1.08 bits per heavy atom. The van der Waals surface area contributed by atoms with Crippen LogP contribution in [-0.4, -0.2) is 32.5 Å². The van der Waals surface area contributed by atoms with Crippen molar-refractivity contribution in [2.45, 2.75) is 17.9 Å². The number of ketones is 1. The first-order valence-corrected chi connectivity index (χ1v) is 9.27. The Kier molecular flexibility index (Phi) is 5.41. The van der Waals surface area contributed by atoms with E-state index in [-0.39, 0.29) is 21.3 Å². The molecule has 2 rings (SSSR count). The van der Waals surface area contributed by atoms with Crippen LogP contribution in [0.15, 0.2) is 53.4 Å². The van der Waals surface area contributed by atoms with Crippen molar-refractivity contribution in [3.8, 4) is 0 Å². The van der Waals surface area contributed by atoms with Crippen LogP contribution in [0.25, 0.3) is 0 Å². The van der Waals surface area contributed by atoms with Gasteiger partial charge in [-0.05, 0) is 25.1 Å². The highest BCUT2D eigenvalue weighted by atomic mass is 35.5. The molecular formula is C17H15ClO5S. The highest BCUT2D eigenvalue weighted by Gasteiger charge is 2.23. The molecule has 0 radical (unpaired) electrons. The molecule has 0 bridgehead atoms. The van der Waals surface area contributed by atoms with Gasteiger partial charge in [-0.3, -0.25) is 4.79 Å². The fourth-order valence-electron chi connectivity index (χ4n) is 2.01. The maximum atomic E-state index is 12.2. The molecule has 0 N–H and O–H groups in total. The summed E-state index contributed by atoms with van der Waals surface area (Å²) in [7, 11) is -3.50. The van der Waals surface area contributed by atoms with Crippen LogP contribution in [0.1, 0.15) is 27.6 Å². The van der Waals surface area contributed by atoms with Crippen LogP contribution in [0.2, 0.25) is 5.02 Å². The van der Waals surface area contributed by atoms with E-state index in [4.69, 9.17) is 16.3 Å². The second-order valence-electron chi connectivity index (χ2n) is 5.19. The zero-order chi connectivity index (χ0) is 17.9. The lowest BCUT2D eigenvalue weighted by Gasteiger charge is -2.13. The van der Waals surface area contributed by atoms with Crippen LogP contribution in [0, 0.1) is 0 Å². The van der Waals surface area contributed by atoms with E-state index in [0.717, 1.165) is 12.3 Å². The van der Waals surface area contributed by atoms with E-state index < -0.39 is 21.9 Å². The Bertz CT molecular complexity index is 875. The molecule has 1 atom stereocenters. The van der Waals surface area contributed by atoms with Gasteiger partial charge in [-0.25, -0.2) is 13.2 Å². The zero-order valence-corrected chi connectivity index (χ0v) is 14.6. The molecule has 0 saturated heterocycles. The predicted molar refractivity (Wildman–Crippen MR) is 90.2 cm³/mol. The Hall–Kier alpha value is -2.18. The average Bonchev–Trinajstić information content (AvgIpc) is 2.54. The number of carbonyl (C=O) groups is 2. The van der Waals surface area contributed by atoms with Gasteiger partial charge < -0.3 is 4.74 Å². The minimum Gasteiger partial charge on any atom is -0.451 e. The van der Waals surface area contributed by atoms with E-state index in [1.807, 2.05) is 0 Å². The van der Waals surface area contributed by atoms with E-state index in [1.165, 1.54) is 19.1 Å². The zero-order valence-electron chi connectivity index (χ0n) is 13.0. The van der Waals surface area contributed by atoms with Gasteiger partial charge in [0.25, 0.3) is 0 Å². The number of rotatable bonds is 5. The molecule has 7 heteroatoms. The SMILES string of the molecule is C[C@@H](OC(=O)c1cc(S(C)(=O)=O)ccc1Cl)C(=O)c1ccccc1. The van der Waals surface area contributed by atoms with Gasteiger partial charge in [0.15, 0.2) is 15.9 Å². The van der Waals surface area contributed by atoms with Crippen molar-refractivity contribution in [1.82, 2.24) is 0 Å². The first-order valence-electron chi connectivity index (χ1n) is 7.00. The number of ether oxygens (including phenoxy) is 1. The van der Waals surface area contributed by atoms with E-state index in [9.17, 15) is 18.0 Å². The molecule has 0 spiro atoms. The number of esters is 1. The number of Topliss-reactive ketones (excluding diaryl/α,β-unsaturated/α-hetero) is 1. The summed E-state index contributed by atoms with van der Waals surface area (Å²) in [5.41, 5.74) is 0.307. The van der Waals surface area contributed by atoms with Crippen LogP contribution in [0.3, 0.4) is 0 Å². The molecule has 0 fully saturated rings. The fourth-order valence-corrected chi connectivity index (χ4v) is 2.85. The predicted octanol–water partition coefficient (Wildman–Crippen LogP) is 3.17. The Morgan fingerprint density at radius 2 is 1.71 bits per heavy atom. The van der Waals surface area contributed by atoms with Crippen LogP contribution in [-0.2, 0) is 14.6 Å². The van der Waals surface area contributed by atoms with Crippen LogP contribution < -0.4 is 0 Å². The molecule has 2 aromatic rings. The molecule has 0 aliphatic rings. The molecule has 0 aliphatic carbocycles. The van der Waals surface area contributed by atoms with Gasteiger partial charge in [0, 0.05) is 11.8 Å². The third-order valence-corrected chi connectivity index (χ3v) is 4.74. The lowest BCUT2D eigenvalue weighted by molar-refractivity contribution is 0.0318. The third-order valence-electron chi connectivity index (χ3n) is 3.30. The highest BCUT2D eigenvalue weighted by Crippen LogP contribution is 2.22. The van der Waals surface area contributed by atoms with Crippen molar-refractivity contribution in [1.29, 1.82) is 0 Å². The van der Waals surface area contributed by atoms with Crippen LogP contribution >= 0.6 is 11.6 Å². The van der Waals surface area contributed by atoms with Crippen LogP contribution in [0.5, 0.6) is 0 Å². The molecule has 0 unspecified atom stereocenters. The molecule has 0 heterocycles. The summed E-state index contributed by atoms with van der Waals surface area (Å²) in [5, 5.41) is 0.0479. The second kappa shape index (κ2) is 7.15. The lowest BCUT2D eigenvalue weighted by atomic mass is 10.1. The average molecular weight is 367 g/mol. The minimum atomic E-state index is -3.50. The monoisotopic (exact) mass is 366 g/mol. The maximum Gasteiger partial charge on any atom is 0.340 e. The van der Waals surface area contributed by atoms with Crippen molar-refractivity contribution in [2.24, 2.45) is 0 Å². The lowest BCUT2D eigenvalue weighted by Crippen LogP contribution is -2.24. The number of hydrogen-bond acceptors (Lipinski definition) is 5. The van der Waals surface area contributed by atoms with Crippen LogP contribution in [0.4, 0.5) is 0 Å². The topological polar surface area (TPSA) is 77.5 Å². The maximum absolute atomic E-state index is 12.2. The smallest absolute Gasteiger partial charge is 0.340 e. The quantitative estimate of drug-likeness (QED) is 0.600. The number of halogens is 1. The van der Waals surface area contributed by atoms with Gasteiger partial charge in [-0.15, -0.1) is 0 Å². The van der Waals surface area contributed by atoms with Crippen molar-refractivity contribution < 1.29 is 22.7 Å². The molecule has 24 heavy (non-hydrogen) atoms. The molecule has 0 aromatic heterocycles. The van der Waals surface area contributed by atoms with Crippen molar-refractivity contribution in [2.75, 3.05) is 6.26 Å². The molecular weight excluding hydrogens is 352 g/mol. The fraction of sp³-hybridized carbons (Fsp3) is 0.176. The molecule has 0 amide bonds. The number of carbonyl (C=O) groups excluding carboxylic acids is 2. The normalized spacial score (nSPS) is 12.5. The Morgan fingerprint density at radius 3 is 2.29 bits per heavy atom. The van der Waals surface area contributed by atoms with Crippen molar-refractivity contribution >= 4 is 33.2 Å². The summed E-state index contributed by atoms with van der Waals surface area (Å²) < 4.78 is 28.3. The number of hydrogen-bond donors (Lipinski definition) is 0. The highest BCUT2D eigenvalue weighted by molar-refractivity contribution is 7.90. The van der Waals surface area contributed by atoms with Gasteiger partial charge in [0.1, 0.15) is 0 Å². The van der Waals surface area contributed by atoms with Gasteiger partial charge in [-0.2, -0.15) is 0 Å². The summed E-state index contributed by atoms with van der Waals surface area (Å²) >= 11 is 5.94. The summed E-state index contributed by atoms with van der Waals surface area (Å²) in [6.45, 7) is 1.45. The van der Waals surface area contributed by atoms with Crippen molar-refractivity contribution in [3.05, 3.63) is 64.7 Å². The van der Waals surface area contributed by atoms with E-state index in [0.29, 0.717) is 5.56 Å². The molecule has 0 saturated carbocycles. The molecule has 2 aromatic carbocycles. The van der Waals surface area contributed by atoms with E-state index in [1.54, 1.807) is 30.3 Å². The first kappa shape index (κ1) is 18.2. The third kappa shape index (κ3) is 4.21. The summed E-state index contributed by atoms with van der Waals surface area (Å²) in [5.74, 6) is -1.22. The Balaban J connectivity index is 2.22. The van der Waals surface area contributed by atoms with E-state index in [2.05, 4.69) is 0 Å². The van der Waals surface area contributed by atoms with Gasteiger partial charge in [0.2, 0.25) is 5.78 Å². The van der Waals surface area contributed by atoms with Gasteiger partial charge in [0.05, 0.1) is 15.5 Å². The van der Waals surface area contributed by atoms with E-state index >= 15 is 0 Å². The number of sulfone groups is 1. The molecule has 0 aliphatic heterocycles. The second-order valence-corrected chi connectivity index (χ2v) is 7.61. The minimum absolute atomic E-state index is 0.0479. The van der Waals surface area contributed by atoms with Gasteiger partial charge >= 0.3 is 5.97 Å². The Labute approximate surface area is 145 Å². The standard InChI is InChI=1S/C17H15ClO5S/c1-11(16(19)12-6-4-3-5-7-12)23-17(20)14-10-13(24(2,21)22)8-9-15(14)18/h3-11H,1-2H3/t11-/m1/s1. The first-order chi connectivity index (χ1) is 11.2. The number of benzene rings is 2. The molecule has 126 valence electrons. The molecule has 5 nitrogen and oxygen atoms in total. The van der Waals surface area contributed by atoms with Crippen molar-refractivity contribution in [3.63, 3.8) is 0 Å². The summed E-state index contributed by atoms with van der Waals surface area (Å²) in [6.07, 6.45) is -0.00902. The summed E-state index contributed by atoms with van der Waals surface area (Å²) in [4.78, 5) is 24.4.